The molecule has 0 radical (unpaired) electrons. The molecule has 16 heteroatoms. The van der Waals surface area contributed by atoms with E-state index in [0.29, 0.717) is 0 Å². The normalized spacial score (nSPS) is 25.9. The van der Waals surface area contributed by atoms with Gasteiger partial charge < -0.3 is 23.8 Å². The molecule has 1 saturated heterocycles. The molecule has 0 aromatic carbocycles. The molecule has 37 heavy (non-hydrogen) atoms. The highest BCUT2D eigenvalue weighted by atomic mass is 31.2. The van der Waals surface area contributed by atoms with E-state index in [1.807, 2.05) is 4.98 Å². The fourth-order valence-electron chi connectivity index (χ4n) is 3.34. The molecule has 6 atom stereocenters. The molecule has 14 nitrogen and oxygen atoms in total. The summed E-state index contributed by atoms with van der Waals surface area (Å²) in [5.41, 5.74) is -3.80. The molecular weight excluding hydrogens is 518 g/mol. The van der Waals surface area contributed by atoms with Crippen molar-refractivity contribution >= 4 is 19.6 Å². The van der Waals surface area contributed by atoms with E-state index in [9.17, 15) is 28.8 Å². The average molecular weight is 550 g/mol. The number of hydrogen-bond acceptors (Lipinski definition) is 10. The predicted octanol–water partition coefficient (Wildman–Crippen LogP) is -0.104. The van der Waals surface area contributed by atoms with Gasteiger partial charge in [-0.3, -0.25) is 28.5 Å². The number of alkyl halides is 1. The molecule has 4 N–H and O–H groups in total. The minimum absolute atomic E-state index is 0.0461. The highest BCUT2D eigenvalue weighted by Crippen LogP contribution is 2.45. The van der Waals surface area contributed by atoms with Crippen molar-refractivity contribution in [3.05, 3.63) is 45.8 Å². The van der Waals surface area contributed by atoms with E-state index in [4.69, 9.17) is 18.7 Å². The molecule has 208 valence electrons. The molecule has 1 fully saturated rings. The first kappa shape index (κ1) is 30.5. The summed E-state index contributed by atoms with van der Waals surface area (Å²) in [7, 11) is -4.31. The minimum atomic E-state index is -4.31. The zero-order chi connectivity index (χ0) is 28.0. The van der Waals surface area contributed by atoms with Gasteiger partial charge in [-0.05, 0) is 27.7 Å². The SMILES string of the molecule is C=C[C@]1(COP(=O)(NCC(=O)OC(C)C)N[C@@H](C)C(=O)OCC)O[C@@H](n2ccc(=O)[nH]c2=O)[C@H](O)[C@@H]1F. The van der Waals surface area contributed by atoms with Crippen LogP contribution in [0, 0.1) is 0 Å². The molecule has 0 saturated carbocycles. The molecular formula is C21H32FN4O10P. The Morgan fingerprint density at radius 1 is 1.41 bits per heavy atom. The highest BCUT2D eigenvalue weighted by molar-refractivity contribution is 7.54. The molecule has 1 aromatic heterocycles. The molecule has 2 rings (SSSR count). The monoisotopic (exact) mass is 550 g/mol. The maximum atomic E-state index is 15.3. The Morgan fingerprint density at radius 2 is 2.08 bits per heavy atom. The Morgan fingerprint density at radius 3 is 2.65 bits per heavy atom. The van der Waals surface area contributed by atoms with E-state index in [-0.39, 0.29) is 6.61 Å². The summed E-state index contributed by atoms with van der Waals surface area (Å²) >= 11 is 0. The summed E-state index contributed by atoms with van der Waals surface area (Å²) in [6.45, 7) is 8.23. The van der Waals surface area contributed by atoms with E-state index in [1.165, 1.54) is 6.92 Å². The lowest BCUT2D eigenvalue weighted by Gasteiger charge is -2.30. The van der Waals surface area contributed by atoms with E-state index in [1.54, 1.807) is 20.8 Å². The number of aliphatic hydroxyl groups excluding tert-OH is 1. The highest BCUT2D eigenvalue weighted by Gasteiger charge is 2.56. The van der Waals surface area contributed by atoms with E-state index in [2.05, 4.69) is 16.8 Å². The van der Waals surface area contributed by atoms with E-state index >= 15 is 4.39 Å². The molecule has 0 amide bonds. The fourth-order valence-corrected chi connectivity index (χ4v) is 4.94. The standard InChI is InChI=1S/C21H32FN4O10P/c1-6-21(17(22)16(29)18(36-21)26-9-8-14(27)24-20(26)31)11-34-37(32,23-10-15(28)35-12(3)4)25-13(5)19(30)33-7-2/h6,8-9,12-13,16-18,29H,1,7,10-11H2,2-5H3,(H2,23,25,32)(H,24,27,31)/t13-,16+,17-,18+,21+,37?/m0/s1. The predicted molar refractivity (Wildman–Crippen MR) is 127 cm³/mol. The van der Waals surface area contributed by atoms with Crippen LogP contribution in [0.5, 0.6) is 0 Å². The number of aliphatic hydroxyl groups is 1. The number of H-pyrrole nitrogens is 1. The summed E-state index contributed by atoms with van der Waals surface area (Å²) in [6.07, 6.45) is -4.22. The van der Waals surface area contributed by atoms with Gasteiger partial charge in [0.05, 0.1) is 19.3 Å². The van der Waals surface area contributed by atoms with Gasteiger partial charge in [-0.25, -0.2) is 19.4 Å². The van der Waals surface area contributed by atoms with Gasteiger partial charge in [-0.15, -0.1) is 6.58 Å². The second-order valence-electron chi connectivity index (χ2n) is 8.38. The lowest BCUT2D eigenvalue weighted by molar-refractivity contribution is -0.146. The first-order chi connectivity index (χ1) is 17.3. The number of esters is 2. The minimum Gasteiger partial charge on any atom is -0.465 e. The lowest BCUT2D eigenvalue weighted by Crippen LogP contribution is -2.45. The van der Waals surface area contributed by atoms with Gasteiger partial charge in [-0.2, -0.15) is 0 Å². The van der Waals surface area contributed by atoms with Crippen LogP contribution in [0.15, 0.2) is 34.5 Å². The van der Waals surface area contributed by atoms with Crippen molar-refractivity contribution in [1.82, 2.24) is 19.7 Å². The van der Waals surface area contributed by atoms with Crippen LogP contribution in [-0.4, -0.2) is 76.4 Å². The zero-order valence-corrected chi connectivity index (χ0v) is 21.7. The van der Waals surface area contributed by atoms with Gasteiger partial charge in [0.25, 0.3) is 5.56 Å². The van der Waals surface area contributed by atoms with Crippen molar-refractivity contribution in [3.8, 4) is 0 Å². The second-order valence-corrected chi connectivity index (χ2v) is 10.3. The van der Waals surface area contributed by atoms with Crippen LogP contribution in [0.4, 0.5) is 4.39 Å². The third-order valence-electron chi connectivity index (χ3n) is 5.14. The summed E-state index contributed by atoms with van der Waals surface area (Å²) in [4.78, 5) is 49.5. The van der Waals surface area contributed by atoms with Crippen LogP contribution in [-0.2, 0) is 32.9 Å². The van der Waals surface area contributed by atoms with Crippen molar-refractivity contribution in [1.29, 1.82) is 0 Å². The van der Waals surface area contributed by atoms with Crippen LogP contribution in [0.25, 0.3) is 0 Å². The second kappa shape index (κ2) is 12.7. The Balaban J connectivity index is 2.28. The smallest absolute Gasteiger partial charge is 0.342 e. The van der Waals surface area contributed by atoms with Gasteiger partial charge in [0.15, 0.2) is 12.4 Å². The topological polar surface area (TPSA) is 187 Å². The number of aromatic amines is 1. The number of aromatic nitrogens is 2. The van der Waals surface area contributed by atoms with Gasteiger partial charge in [0.2, 0.25) is 0 Å². The fraction of sp³-hybridized carbons (Fsp3) is 0.619. The summed E-state index contributed by atoms with van der Waals surface area (Å²) in [5, 5.41) is 15.2. The molecule has 1 aliphatic rings. The van der Waals surface area contributed by atoms with Crippen molar-refractivity contribution in [2.75, 3.05) is 19.8 Å². The Hall–Kier alpha value is -2.68. The first-order valence-corrected chi connectivity index (χ1v) is 13.0. The molecule has 1 aromatic rings. The van der Waals surface area contributed by atoms with E-state index < -0.39 is 80.3 Å². The quantitative estimate of drug-likeness (QED) is 0.145. The van der Waals surface area contributed by atoms with Gasteiger partial charge in [-0.1, -0.05) is 6.08 Å². The Labute approximate surface area is 211 Å². The Bertz CT molecular complexity index is 1140. The number of rotatable bonds is 13. The molecule has 1 unspecified atom stereocenters. The third kappa shape index (κ3) is 7.66. The van der Waals surface area contributed by atoms with Crippen LogP contribution in [0.3, 0.4) is 0 Å². The first-order valence-electron chi connectivity index (χ1n) is 11.4. The summed E-state index contributed by atoms with van der Waals surface area (Å²) in [5.74, 6) is -1.55. The summed E-state index contributed by atoms with van der Waals surface area (Å²) in [6, 6.07) is -0.202. The number of ether oxygens (including phenoxy) is 3. The number of halogens is 1. The maximum Gasteiger partial charge on any atom is 0.342 e. The van der Waals surface area contributed by atoms with Crippen LogP contribution < -0.4 is 21.4 Å². The summed E-state index contributed by atoms with van der Waals surface area (Å²) < 4.78 is 50.5. The number of carbonyl (C=O) groups excluding carboxylic acids is 2. The van der Waals surface area contributed by atoms with Gasteiger partial charge >= 0.3 is 25.3 Å². The van der Waals surface area contributed by atoms with Crippen LogP contribution in [0.1, 0.15) is 33.9 Å². The van der Waals surface area contributed by atoms with Crippen molar-refractivity contribution in [2.24, 2.45) is 0 Å². The largest absolute Gasteiger partial charge is 0.465 e. The molecule has 0 bridgehead atoms. The van der Waals surface area contributed by atoms with Crippen molar-refractivity contribution < 1.29 is 42.4 Å². The zero-order valence-electron chi connectivity index (χ0n) is 20.8. The molecule has 2 heterocycles. The van der Waals surface area contributed by atoms with Crippen LogP contribution >= 0.6 is 7.67 Å². The number of hydrogen-bond donors (Lipinski definition) is 4. The van der Waals surface area contributed by atoms with Gasteiger partial charge in [0.1, 0.15) is 24.3 Å². The number of nitrogens with zero attached hydrogens (tertiary/aromatic N) is 1. The van der Waals surface area contributed by atoms with Crippen LogP contribution in [0.2, 0.25) is 0 Å². The van der Waals surface area contributed by atoms with Gasteiger partial charge in [0, 0.05) is 12.3 Å². The number of nitrogens with one attached hydrogen (secondary N) is 3. The molecule has 0 aliphatic carbocycles. The third-order valence-corrected chi connectivity index (χ3v) is 6.94. The average Bonchev–Trinajstić information content (AvgIpc) is 3.07. The Kier molecular flexibility index (Phi) is 10.5. The van der Waals surface area contributed by atoms with Crippen molar-refractivity contribution in [2.45, 2.75) is 63.9 Å². The lowest BCUT2D eigenvalue weighted by atomic mass is 9.98. The molecule has 0 spiro atoms. The van der Waals surface area contributed by atoms with E-state index in [0.717, 1.165) is 22.9 Å². The molecule has 1 aliphatic heterocycles. The van der Waals surface area contributed by atoms with Crippen molar-refractivity contribution in [3.63, 3.8) is 0 Å². The maximum absolute atomic E-state index is 15.3. The number of carbonyl (C=O) groups is 2.